The first-order valence-corrected chi connectivity index (χ1v) is 10.9. The van der Waals surface area contributed by atoms with Crippen LogP contribution in [-0.2, 0) is 9.53 Å². The van der Waals surface area contributed by atoms with E-state index in [0.717, 1.165) is 0 Å². The molecular weight excluding hydrogens is 438 g/mol. The fourth-order valence-corrected chi connectivity index (χ4v) is 5.01. The summed E-state index contributed by atoms with van der Waals surface area (Å²) in [6.45, 7) is 3.50. The van der Waals surface area contributed by atoms with Gasteiger partial charge in [0.25, 0.3) is 5.91 Å². The lowest BCUT2D eigenvalue weighted by Gasteiger charge is -2.24. The maximum atomic E-state index is 13.4. The first kappa shape index (κ1) is 20.9. The van der Waals surface area contributed by atoms with E-state index in [0.29, 0.717) is 31.8 Å². The highest BCUT2D eigenvalue weighted by Crippen LogP contribution is 2.43. The van der Waals surface area contributed by atoms with Gasteiger partial charge in [0.1, 0.15) is 0 Å². The first-order valence-electron chi connectivity index (χ1n) is 9.16. The Morgan fingerprint density at radius 3 is 2.45 bits per heavy atom. The van der Waals surface area contributed by atoms with Gasteiger partial charge in [0.2, 0.25) is 5.78 Å². The van der Waals surface area contributed by atoms with Gasteiger partial charge < -0.3 is 9.84 Å². The van der Waals surface area contributed by atoms with E-state index in [9.17, 15) is 19.5 Å². The Hall–Kier alpha value is -3.37. The molecule has 1 aliphatic rings. The molecule has 0 aliphatic carbocycles. The number of aliphatic hydroxyl groups is 1. The number of Topliss-reactive ketones (excluding diaryl/α,β-unsaturated/α-hetero) is 1. The normalized spacial score (nSPS) is 16.2. The lowest BCUT2D eigenvalue weighted by atomic mass is 9.94. The molecule has 0 spiro atoms. The summed E-state index contributed by atoms with van der Waals surface area (Å²) in [5.41, 5.74) is 1.36. The molecule has 10 heteroatoms. The Morgan fingerprint density at radius 2 is 1.90 bits per heavy atom. The van der Waals surface area contributed by atoms with Crippen molar-refractivity contribution in [3.63, 3.8) is 0 Å². The molecule has 0 fully saturated rings. The van der Waals surface area contributed by atoms with Crippen molar-refractivity contribution in [2.75, 3.05) is 12.0 Å². The Bertz CT molecular complexity index is 1210. The van der Waals surface area contributed by atoms with E-state index in [4.69, 9.17) is 4.74 Å². The number of anilines is 1. The fourth-order valence-electron chi connectivity index (χ4n) is 3.47. The highest BCUT2D eigenvalue weighted by Gasteiger charge is 2.46. The molecule has 0 bridgehead atoms. The summed E-state index contributed by atoms with van der Waals surface area (Å²) in [5, 5.41) is 13.5. The number of rotatable bonds is 5. The van der Waals surface area contributed by atoms with Gasteiger partial charge in [-0.05, 0) is 31.5 Å². The Morgan fingerprint density at radius 1 is 1.19 bits per heavy atom. The summed E-state index contributed by atoms with van der Waals surface area (Å²) >= 11 is 2.42. The number of aliphatic hydroxyl groups excluding tert-OH is 1. The van der Waals surface area contributed by atoms with Gasteiger partial charge in [0.05, 0.1) is 39.9 Å². The maximum Gasteiger partial charge on any atom is 0.337 e. The summed E-state index contributed by atoms with van der Waals surface area (Å²) in [7, 11) is 1.28. The smallest absolute Gasteiger partial charge is 0.337 e. The van der Waals surface area contributed by atoms with Crippen molar-refractivity contribution >= 4 is 45.5 Å². The van der Waals surface area contributed by atoms with Crippen molar-refractivity contribution in [2.24, 2.45) is 0 Å². The molecule has 1 atom stereocenters. The average Bonchev–Trinajstić information content (AvgIpc) is 3.46. The van der Waals surface area contributed by atoms with Crippen LogP contribution >= 0.6 is 22.7 Å². The molecule has 158 valence electrons. The van der Waals surface area contributed by atoms with Crippen LogP contribution in [0.25, 0.3) is 0 Å². The fraction of sp³-hybridized carbons (Fsp3) is 0.190. The molecule has 3 aromatic rings. The van der Waals surface area contributed by atoms with E-state index in [1.807, 2.05) is 0 Å². The Labute approximate surface area is 185 Å². The van der Waals surface area contributed by atoms with Crippen LogP contribution in [0.4, 0.5) is 5.13 Å². The number of thiazole rings is 2. The van der Waals surface area contributed by atoms with Crippen LogP contribution < -0.4 is 4.90 Å². The van der Waals surface area contributed by atoms with Gasteiger partial charge >= 0.3 is 5.97 Å². The SMILES string of the molecule is COC(=O)c1ccc([C@@H]2C(C(=O)c3sc(C)nc3C)=C(O)C(=O)N2c2nccs2)cc1. The summed E-state index contributed by atoms with van der Waals surface area (Å²) in [5.74, 6) is -2.29. The number of nitrogens with zero attached hydrogens (tertiary/aromatic N) is 3. The molecule has 3 heterocycles. The molecule has 4 rings (SSSR count). The third kappa shape index (κ3) is 3.53. The molecule has 0 radical (unpaired) electrons. The molecule has 8 nitrogen and oxygen atoms in total. The van der Waals surface area contributed by atoms with Gasteiger partial charge in [-0.1, -0.05) is 12.1 Å². The van der Waals surface area contributed by atoms with Gasteiger partial charge in [-0.15, -0.1) is 22.7 Å². The second-order valence-corrected chi connectivity index (χ2v) is 8.82. The van der Waals surface area contributed by atoms with Crippen molar-refractivity contribution in [1.82, 2.24) is 9.97 Å². The summed E-state index contributed by atoms with van der Waals surface area (Å²) in [4.78, 5) is 48.4. The van der Waals surface area contributed by atoms with E-state index < -0.39 is 29.5 Å². The van der Waals surface area contributed by atoms with Crippen LogP contribution in [0.1, 0.15) is 42.3 Å². The average molecular weight is 456 g/mol. The van der Waals surface area contributed by atoms with Crippen molar-refractivity contribution in [3.8, 4) is 0 Å². The van der Waals surface area contributed by atoms with Crippen LogP contribution in [0.2, 0.25) is 0 Å². The van der Waals surface area contributed by atoms with E-state index >= 15 is 0 Å². The summed E-state index contributed by atoms with van der Waals surface area (Å²) < 4.78 is 4.73. The van der Waals surface area contributed by atoms with Gasteiger partial charge in [0.15, 0.2) is 10.9 Å². The number of carbonyl (C=O) groups is 3. The zero-order valence-electron chi connectivity index (χ0n) is 16.8. The predicted molar refractivity (Wildman–Crippen MR) is 116 cm³/mol. The molecule has 1 N–H and O–H groups in total. The minimum atomic E-state index is -0.903. The predicted octanol–water partition coefficient (Wildman–Crippen LogP) is 3.79. The van der Waals surface area contributed by atoms with Gasteiger partial charge in [-0.3, -0.25) is 14.5 Å². The number of hydrogen-bond acceptors (Lipinski definition) is 9. The number of ketones is 1. The quantitative estimate of drug-likeness (QED) is 0.460. The monoisotopic (exact) mass is 455 g/mol. The number of benzene rings is 1. The lowest BCUT2D eigenvalue weighted by molar-refractivity contribution is -0.117. The van der Waals surface area contributed by atoms with E-state index in [2.05, 4.69) is 9.97 Å². The van der Waals surface area contributed by atoms with Crippen molar-refractivity contribution in [2.45, 2.75) is 19.9 Å². The highest BCUT2D eigenvalue weighted by atomic mass is 32.1. The topological polar surface area (TPSA) is 110 Å². The highest BCUT2D eigenvalue weighted by molar-refractivity contribution is 7.14. The van der Waals surface area contributed by atoms with Crippen molar-refractivity contribution in [1.29, 1.82) is 0 Å². The summed E-state index contributed by atoms with van der Waals surface area (Å²) in [6.07, 6.45) is 1.54. The standard InChI is InChI=1S/C21H17N3O5S2/c1-10-18(31-11(2)23-10)16(25)14-15(12-4-6-13(7-5-12)20(28)29-3)24(19(27)17(14)26)21-22-8-9-30-21/h4-9,15,26H,1-3H3/t15-/m1/s1. The number of aryl methyl sites for hydroxylation is 2. The molecule has 0 saturated carbocycles. The molecule has 0 unspecified atom stereocenters. The third-order valence-corrected chi connectivity index (χ3v) is 6.68. The summed E-state index contributed by atoms with van der Waals surface area (Å²) in [6, 6.07) is 5.44. The lowest BCUT2D eigenvalue weighted by Crippen LogP contribution is -2.31. The minimum Gasteiger partial charge on any atom is -0.503 e. The number of carbonyl (C=O) groups excluding carboxylic acids is 3. The van der Waals surface area contributed by atoms with Gasteiger partial charge in [-0.2, -0.15) is 0 Å². The molecule has 1 amide bonds. The molecule has 31 heavy (non-hydrogen) atoms. The van der Waals surface area contributed by atoms with E-state index in [1.54, 1.807) is 43.5 Å². The molecular formula is C21H17N3O5S2. The molecule has 1 aromatic carbocycles. The largest absolute Gasteiger partial charge is 0.503 e. The van der Waals surface area contributed by atoms with Crippen LogP contribution in [0.5, 0.6) is 0 Å². The zero-order valence-corrected chi connectivity index (χ0v) is 18.4. The number of aromatic nitrogens is 2. The van der Waals surface area contributed by atoms with E-state index in [-0.39, 0.29) is 5.57 Å². The van der Waals surface area contributed by atoms with Crippen LogP contribution in [0, 0.1) is 13.8 Å². The number of ether oxygens (including phenoxy) is 1. The Balaban J connectivity index is 1.85. The number of esters is 1. The van der Waals surface area contributed by atoms with E-state index in [1.165, 1.54) is 40.9 Å². The van der Waals surface area contributed by atoms with Crippen LogP contribution in [0.3, 0.4) is 0 Å². The van der Waals surface area contributed by atoms with Crippen molar-refractivity contribution in [3.05, 3.63) is 73.9 Å². The minimum absolute atomic E-state index is 0.0437. The first-order chi connectivity index (χ1) is 14.8. The number of methoxy groups -OCH3 is 1. The second kappa shape index (κ2) is 8.05. The number of amides is 1. The maximum absolute atomic E-state index is 13.4. The van der Waals surface area contributed by atoms with Crippen LogP contribution in [0.15, 0.2) is 47.2 Å². The molecule has 0 saturated heterocycles. The zero-order chi connectivity index (χ0) is 22.3. The van der Waals surface area contributed by atoms with Crippen molar-refractivity contribution < 1.29 is 24.2 Å². The Kier molecular flexibility index (Phi) is 5.42. The van der Waals surface area contributed by atoms with Crippen LogP contribution in [-0.4, -0.2) is 39.8 Å². The van der Waals surface area contributed by atoms with Gasteiger partial charge in [0, 0.05) is 11.6 Å². The third-order valence-electron chi connectivity index (χ3n) is 4.84. The molecule has 2 aromatic heterocycles. The second-order valence-electron chi connectivity index (χ2n) is 6.74. The van der Waals surface area contributed by atoms with Gasteiger partial charge in [-0.25, -0.2) is 14.8 Å². The number of hydrogen-bond donors (Lipinski definition) is 1. The molecule has 1 aliphatic heterocycles.